The summed E-state index contributed by atoms with van der Waals surface area (Å²) in [4.78, 5) is 0. The van der Waals surface area contributed by atoms with Gasteiger partial charge in [-0.05, 0) is 6.07 Å². The number of benzene rings is 1. The molecule has 0 radical (unpaired) electrons. The quantitative estimate of drug-likeness (QED) is 0.610. The molecule has 1 atom stereocenters. The fraction of sp³-hybridized carbons (Fsp3) is 0.200. The zero-order valence-corrected chi connectivity index (χ0v) is 6.53. The molecule has 1 nitrogen and oxygen atoms in total. The molecular weight excluding hydrogens is 155 g/mol. The van der Waals surface area contributed by atoms with Gasteiger partial charge in [0.2, 0.25) is 0 Å². The van der Waals surface area contributed by atoms with E-state index in [0.717, 1.165) is 6.61 Å². The minimum absolute atomic E-state index is 0.186. The number of halogens is 1. The monoisotopic (exact) mass is 164 g/mol. The lowest BCUT2D eigenvalue weighted by molar-refractivity contribution is 0.440. The Morgan fingerprint density at radius 3 is 2.83 bits per heavy atom. The highest BCUT2D eigenvalue weighted by Gasteiger charge is 2.17. The second-order valence-corrected chi connectivity index (χ2v) is 2.75. The van der Waals surface area contributed by atoms with Gasteiger partial charge in [0.1, 0.15) is 5.82 Å². The van der Waals surface area contributed by atoms with Crippen molar-refractivity contribution in [2.24, 2.45) is 0 Å². The lowest BCUT2D eigenvalue weighted by Gasteiger charge is -1.93. The normalized spacial score (nSPS) is 21.6. The molecule has 0 aromatic heterocycles. The SMILES string of the molecule is Fc1ccccc1/C=C/C1CO1. The third-order valence-corrected chi connectivity index (χ3v) is 1.75. The number of epoxide rings is 1. The Hall–Kier alpha value is -1.15. The smallest absolute Gasteiger partial charge is 0.130 e. The summed E-state index contributed by atoms with van der Waals surface area (Å²) in [7, 11) is 0. The van der Waals surface area contributed by atoms with E-state index in [1.54, 1.807) is 18.2 Å². The van der Waals surface area contributed by atoms with Crippen LogP contribution in [0, 0.1) is 5.82 Å². The van der Waals surface area contributed by atoms with E-state index in [1.807, 2.05) is 12.1 Å². The summed E-state index contributed by atoms with van der Waals surface area (Å²) in [5.41, 5.74) is 0.619. The van der Waals surface area contributed by atoms with Gasteiger partial charge in [-0.2, -0.15) is 0 Å². The van der Waals surface area contributed by atoms with E-state index in [0.29, 0.717) is 5.56 Å². The van der Waals surface area contributed by atoms with E-state index >= 15 is 0 Å². The summed E-state index contributed by atoms with van der Waals surface area (Å²) in [5.74, 6) is -0.186. The maximum absolute atomic E-state index is 13.0. The van der Waals surface area contributed by atoms with E-state index in [9.17, 15) is 4.39 Å². The summed E-state index contributed by atoms with van der Waals surface area (Å²) in [6.07, 6.45) is 3.84. The predicted octanol–water partition coefficient (Wildman–Crippen LogP) is 2.24. The molecule has 0 bridgehead atoms. The molecule has 1 unspecified atom stereocenters. The van der Waals surface area contributed by atoms with Gasteiger partial charge in [-0.15, -0.1) is 0 Å². The van der Waals surface area contributed by atoms with Crippen LogP contribution in [0.25, 0.3) is 6.08 Å². The molecule has 2 heteroatoms. The van der Waals surface area contributed by atoms with Crippen LogP contribution in [0.2, 0.25) is 0 Å². The molecule has 12 heavy (non-hydrogen) atoms. The highest BCUT2D eigenvalue weighted by molar-refractivity contribution is 5.50. The van der Waals surface area contributed by atoms with E-state index < -0.39 is 0 Å². The predicted molar refractivity (Wildman–Crippen MR) is 45.2 cm³/mol. The van der Waals surface area contributed by atoms with Gasteiger partial charge in [0.15, 0.2) is 0 Å². The van der Waals surface area contributed by atoms with Crippen molar-refractivity contribution in [2.75, 3.05) is 6.61 Å². The number of ether oxygens (including phenoxy) is 1. The third-order valence-electron chi connectivity index (χ3n) is 1.75. The third kappa shape index (κ3) is 1.71. The van der Waals surface area contributed by atoms with Crippen molar-refractivity contribution in [3.05, 3.63) is 41.7 Å². The summed E-state index contributed by atoms with van der Waals surface area (Å²) < 4.78 is 17.9. The molecule has 1 saturated heterocycles. The van der Waals surface area contributed by atoms with E-state index in [-0.39, 0.29) is 11.9 Å². The summed E-state index contributed by atoms with van der Waals surface area (Å²) >= 11 is 0. The van der Waals surface area contributed by atoms with Crippen molar-refractivity contribution in [3.8, 4) is 0 Å². The first-order valence-electron chi connectivity index (χ1n) is 3.90. The first-order chi connectivity index (χ1) is 5.86. The lowest BCUT2D eigenvalue weighted by atomic mass is 10.2. The Balaban J connectivity index is 2.15. The van der Waals surface area contributed by atoms with Crippen LogP contribution < -0.4 is 0 Å². The van der Waals surface area contributed by atoms with Crippen molar-refractivity contribution < 1.29 is 9.13 Å². The largest absolute Gasteiger partial charge is 0.369 e. The Bertz CT molecular complexity index is 302. The summed E-state index contributed by atoms with van der Waals surface area (Å²) in [5, 5.41) is 0. The van der Waals surface area contributed by atoms with Gasteiger partial charge in [-0.1, -0.05) is 30.4 Å². The minimum atomic E-state index is -0.186. The van der Waals surface area contributed by atoms with E-state index in [4.69, 9.17) is 4.74 Å². The molecule has 1 aromatic carbocycles. The Kier molecular flexibility index (Phi) is 1.92. The van der Waals surface area contributed by atoms with Crippen LogP contribution >= 0.6 is 0 Å². The van der Waals surface area contributed by atoms with Crippen LogP contribution in [0.4, 0.5) is 4.39 Å². The van der Waals surface area contributed by atoms with Crippen LogP contribution in [0.3, 0.4) is 0 Å². The van der Waals surface area contributed by atoms with Crippen molar-refractivity contribution in [2.45, 2.75) is 6.10 Å². The Morgan fingerprint density at radius 2 is 2.17 bits per heavy atom. The standard InChI is InChI=1S/C10H9FO/c11-10-4-2-1-3-8(10)5-6-9-7-12-9/h1-6,9H,7H2/b6-5+. The van der Waals surface area contributed by atoms with Crippen LogP contribution in [-0.4, -0.2) is 12.7 Å². The number of rotatable bonds is 2. The molecule has 1 aliphatic heterocycles. The molecule has 62 valence electrons. The molecule has 0 aliphatic carbocycles. The van der Waals surface area contributed by atoms with Crippen LogP contribution in [0.15, 0.2) is 30.3 Å². The maximum atomic E-state index is 13.0. The van der Waals surface area contributed by atoms with Crippen molar-refractivity contribution >= 4 is 6.08 Å². The van der Waals surface area contributed by atoms with Gasteiger partial charge in [-0.25, -0.2) is 4.39 Å². The lowest BCUT2D eigenvalue weighted by Crippen LogP contribution is -1.80. The maximum Gasteiger partial charge on any atom is 0.130 e. The highest BCUT2D eigenvalue weighted by atomic mass is 19.1. The summed E-state index contributed by atoms with van der Waals surface area (Å²) in [6.45, 7) is 0.769. The van der Waals surface area contributed by atoms with Crippen molar-refractivity contribution in [1.29, 1.82) is 0 Å². The Morgan fingerprint density at radius 1 is 1.42 bits per heavy atom. The molecule has 1 aliphatic rings. The molecule has 0 N–H and O–H groups in total. The van der Waals surface area contributed by atoms with Crippen molar-refractivity contribution in [3.63, 3.8) is 0 Å². The van der Waals surface area contributed by atoms with Gasteiger partial charge < -0.3 is 4.74 Å². The summed E-state index contributed by atoms with van der Waals surface area (Å²) in [6, 6.07) is 6.69. The molecule has 1 aromatic rings. The molecule has 1 heterocycles. The van der Waals surface area contributed by atoms with Crippen LogP contribution in [0.1, 0.15) is 5.56 Å². The average molecular weight is 164 g/mol. The molecule has 0 spiro atoms. The fourth-order valence-corrected chi connectivity index (χ4v) is 0.988. The molecule has 0 amide bonds. The average Bonchev–Trinajstić information content (AvgIpc) is 2.86. The van der Waals surface area contributed by atoms with Crippen LogP contribution in [0.5, 0.6) is 0 Å². The van der Waals surface area contributed by atoms with Gasteiger partial charge >= 0.3 is 0 Å². The van der Waals surface area contributed by atoms with Crippen molar-refractivity contribution in [1.82, 2.24) is 0 Å². The second kappa shape index (κ2) is 3.07. The molecule has 2 rings (SSSR count). The number of hydrogen-bond acceptors (Lipinski definition) is 1. The highest BCUT2D eigenvalue weighted by Crippen LogP contribution is 2.14. The minimum Gasteiger partial charge on any atom is -0.369 e. The number of hydrogen-bond donors (Lipinski definition) is 0. The fourth-order valence-electron chi connectivity index (χ4n) is 0.988. The van der Waals surface area contributed by atoms with E-state index in [2.05, 4.69) is 0 Å². The van der Waals surface area contributed by atoms with Gasteiger partial charge in [0.05, 0.1) is 12.7 Å². The van der Waals surface area contributed by atoms with Gasteiger partial charge in [0.25, 0.3) is 0 Å². The van der Waals surface area contributed by atoms with Gasteiger partial charge in [-0.3, -0.25) is 0 Å². The molecular formula is C10H9FO. The first-order valence-corrected chi connectivity index (χ1v) is 3.90. The zero-order valence-electron chi connectivity index (χ0n) is 6.53. The zero-order chi connectivity index (χ0) is 8.39. The second-order valence-electron chi connectivity index (χ2n) is 2.75. The molecule has 1 fully saturated rings. The van der Waals surface area contributed by atoms with Gasteiger partial charge in [0, 0.05) is 5.56 Å². The van der Waals surface area contributed by atoms with E-state index in [1.165, 1.54) is 6.07 Å². The topological polar surface area (TPSA) is 12.5 Å². The van der Waals surface area contributed by atoms with Crippen LogP contribution in [-0.2, 0) is 4.74 Å². The Labute approximate surface area is 70.5 Å². The molecule has 0 saturated carbocycles. The first kappa shape index (κ1) is 7.50.